The number of hydrogen-bond donors (Lipinski definition) is 1. The van der Waals surface area contributed by atoms with Crippen molar-refractivity contribution in [3.05, 3.63) is 6.04 Å². The van der Waals surface area contributed by atoms with Crippen molar-refractivity contribution in [1.82, 2.24) is 5.32 Å². The molecule has 0 heterocycles. The lowest BCUT2D eigenvalue weighted by atomic mass is 10.2. The first-order chi connectivity index (χ1) is 4.83. The second kappa shape index (κ2) is 3.97. The lowest BCUT2D eigenvalue weighted by Crippen LogP contribution is -2.28. The molecule has 1 aliphatic rings. The van der Waals surface area contributed by atoms with Crippen LogP contribution in [0.15, 0.2) is 0 Å². The third-order valence-corrected chi connectivity index (χ3v) is 2.27. The summed E-state index contributed by atoms with van der Waals surface area (Å²) in [6.45, 7) is 4.48. The molecule has 0 aromatic rings. The van der Waals surface area contributed by atoms with Gasteiger partial charge in [0.05, 0.1) is 0 Å². The van der Waals surface area contributed by atoms with Crippen LogP contribution in [0.3, 0.4) is 0 Å². The molecule has 1 aliphatic carbocycles. The summed E-state index contributed by atoms with van der Waals surface area (Å²) in [5.74, 6) is 0. The van der Waals surface area contributed by atoms with E-state index in [0.717, 1.165) is 0 Å². The summed E-state index contributed by atoms with van der Waals surface area (Å²) in [7, 11) is 0. The molecule has 1 fully saturated rings. The molecule has 0 spiro atoms. The molecule has 0 bridgehead atoms. The predicted molar refractivity (Wildman–Crippen MR) is 44.6 cm³/mol. The van der Waals surface area contributed by atoms with Crippen molar-refractivity contribution in [2.75, 3.05) is 0 Å². The maximum atomic E-state index is 3.55. The third-order valence-electron chi connectivity index (χ3n) is 2.27. The fraction of sp³-hybridized carbons (Fsp3) is 0.889. The first-order valence-corrected chi connectivity index (χ1v) is 4.44. The minimum Gasteiger partial charge on any atom is -0.307 e. The fourth-order valence-corrected chi connectivity index (χ4v) is 1.40. The molecule has 59 valence electrons. The van der Waals surface area contributed by atoms with E-state index in [2.05, 4.69) is 19.2 Å². The molecule has 1 N–H and O–H groups in total. The maximum Gasteiger partial charge on any atom is 0.0366 e. The molecule has 0 amide bonds. The topological polar surface area (TPSA) is 12.0 Å². The second-order valence-corrected chi connectivity index (χ2v) is 3.26. The van der Waals surface area contributed by atoms with Gasteiger partial charge in [0.1, 0.15) is 0 Å². The number of nitrogens with one attached hydrogen (secondary N) is 1. The molecular formula is C9H18N. The quantitative estimate of drug-likeness (QED) is 0.635. The van der Waals surface area contributed by atoms with Gasteiger partial charge in [0.25, 0.3) is 0 Å². The SMILES string of the molecule is CCC(C)N[C]1CCCC1. The van der Waals surface area contributed by atoms with Crippen LogP contribution in [0.1, 0.15) is 46.0 Å². The van der Waals surface area contributed by atoms with Gasteiger partial charge in [-0.05, 0) is 26.2 Å². The molecule has 1 nitrogen and oxygen atoms in total. The molecule has 0 aromatic carbocycles. The van der Waals surface area contributed by atoms with E-state index in [9.17, 15) is 0 Å². The van der Waals surface area contributed by atoms with Crippen molar-refractivity contribution in [2.24, 2.45) is 0 Å². The Bertz CT molecular complexity index is 84.7. The number of rotatable bonds is 3. The molecule has 0 aromatic heterocycles. The van der Waals surface area contributed by atoms with Gasteiger partial charge >= 0.3 is 0 Å². The summed E-state index contributed by atoms with van der Waals surface area (Å²) in [5, 5.41) is 3.55. The average Bonchev–Trinajstić information content (AvgIpc) is 2.40. The first-order valence-electron chi connectivity index (χ1n) is 4.44. The molecule has 1 radical (unpaired) electrons. The first kappa shape index (κ1) is 8.06. The monoisotopic (exact) mass is 140 g/mol. The molecule has 1 atom stereocenters. The van der Waals surface area contributed by atoms with Gasteiger partial charge in [0.15, 0.2) is 0 Å². The Morgan fingerprint density at radius 2 is 2.00 bits per heavy atom. The van der Waals surface area contributed by atoms with Crippen LogP contribution < -0.4 is 5.32 Å². The summed E-state index contributed by atoms with van der Waals surface area (Å²) >= 11 is 0. The van der Waals surface area contributed by atoms with E-state index in [1.54, 1.807) is 6.04 Å². The highest BCUT2D eigenvalue weighted by Gasteiger charge is 2.16. The molecule has 1 rings (SSSR count). The number of hydrogen-bond acceptors (Lipinski definition) is 1. The van der Waals surface area contributed by atoms with E-state index in [0.29, 0.717) is 6.04 Å². The van der Waals surface area contributed by atoms with Crippen LogP contribution in [0, 0.1) is 6.04 Å². The Morgan fingerprint density at radius 1 is 1.40 bits per heavy atom. The Balaban J connectivity index is 2.11. The van der Waals surface area contributed by atoms with Gasteiger partial charge in [-0.15, -0.1) is 0 Å². The highest BCUT2D eigenvalue weighted by molar-refractivity contribution is 4.92. The fourth-order valence-electron chi connectivity index (χ4n) is 1.40. The van der Waals surface area contributed by atoms with Crippen LogP contribution in [-0.2, 0) is 0 Å². The molecule has 1 saturated carbocycles. The summed E-state index contributed by atoms with van der Waals surface area (Å²) in [5.41, 5.74) is 0. The van der Waals surface area contributed by atoms with Gasteiger partial charge in [0, 0.05) is 12.1 Å². The van der Waals surface area contributed by atoms with Crippen molar-refractivity contribution in [1.29, 1.82) is 0 Å². The molecule has 1 heteroatoms. The second-order valence-electron chi connectivity index (χ2n) is 3.26. The Hall–Kier alpha value is -0.0400. The average molecular weight is 140 g/mol. The van der Waals surface area contributed by atoms with Crippen LogP contribution in [-0.4, -0.2) is 6.04 Å². The molecule has 1 unspecified atom stereocenters. The van der Waals surface area contributed by atoms with Crippen LogP contribution in [0.5, 0.6) is 0 Å². The summed E-state index contributed by atoms with van der Waals surface area (Å²) in [4.78, 5) is 0. The Kier molecular flexibility index (Phi) is 3.20. The Labute approximate surface area is 64.2 Å². The van der Waals surface area contributed by atoms with Crippen molar-refractivity contribution in [3.8, 4) is 0 Å². The normalized spacial score (nSPS) is 23.4. The molecule has 10 heavy (non-hydrogen) atoms. The smallest absolute Gasteiger partial charge is 0.0366 e. The zero-order chi connectivity index (χ0) is 7.40. The predicted octanol–water partition coefficient (Wildman–Crippen LogP) is 2.48. The van der Waals surface area contributed by atoms with Crippen molar-refractivity contribution in [2.45, 2.75) is 52.0 Å². The largest absolute Gasteiger partial charge is 0.307 e. The van der Waals surface area contributed by atoms with Gasteiger partial charge < -0.3 is 5.32 Å². The summed E-state index contributed by atoms with van der Waals surface area (Å²) in [6.07, 6.45) is 6.69. The zero-order valence-electron chi connectivity index (χ0n) is 7.11. The van der Waals surface area contributed by atoms with Gasteiger partial charge in [-0.25, -0.2) is 0 Å². The van der Waals surface area contributed by atoms with Crippen LogP contribution in [0.4, 0.5) is 0 Å². The standard InChI is InChI=1S/C9H18N/c1-3-8(2)10-9-6-4-5-7-9/h8,10H,3-7H2,1-2H3. The van der Waals surface area contributed by atoms with Gasteiger partial charge in [-0.3, -0.25) is 0 Å². The highest BCUT2D eigenvalue weighted by Crippen LogP contribution is 2.24. The minimum absolute atomic E-state index is 0.688. The van der Waals surface area contributed by atoms with E-state index < -0.39 is 0 Å². The van der Waals surface area contributed by atoms with Crippen LogP contribution in [0.2, 0.25) is 0 Å². The van der Waals surface area contributed by atoms with E-state index >= 15 is 0 Å². The van der Waals surface area contributed by atoms with Gasteiger partial charge in [-0.1, -0.05) is 19.8 Å². The van der Waals surface area contributed by atoms with E-state index in [-0.39, 0.29) is 0 Å². The third kappa shape index (κ3) is 2.30. The van der Waals surface area contributed by atoms with Crippen LogP contribution >= 0.6 is 0 Å². The van der Waals surface area contributed by atoms with Crippen molar-refractivity contribution >= 4 is 0 Å². The lowest BCUT2D eigenvalue weighted by Gasteiger charge is -2.16. The van der Waals surface area contributed by atoms with Crippen molar-refractivity contribution in [3.63, 3.8) is 0 Å². The summed E-state index contributed by atoms with van der Waals surface area (Å²) < 4.78 is 0. The zero-order valence-corrected chi connectivity index (χ0v) is 7.11. The summed E-state index contributed by atoms with van der Waals surface area (Å²) in [6, 6.07) is 2.28. The van der Waals surface area contributed by atoms with Gasteiger partial charge in [-0.2, -0.15) is 0 Å². The van der Waals surface area contributed by atoms with E-state index in [1.807, 2.05) is 0 Å². The Morgan fingerprint density at radius 3 is 2.50 bits per heavy atom. The molecule has 0 saturated heterocycles. The maximum absolute atomic E-state index is 3.55. The van der Waals surface area contributed by atoms with Crippen LogP contribution in [0.25, 0.3) is 0 Å². The van der Waals surface area contributed by atoms with Gasteiger partial charge in [0.2, 0.25) is 0 Å². The van der Waals surface area contributed by atoms with E-state index in [4.69, 9.17) is 0 Å². The highest BCUT2D eigenvalue weighted by atomic mass is 14.9. The molecular weight excluding hydrogens is 122 g/mol. The lowest BCUT2D eigenvalue weighted by molar-refractivity contribution is 0.527. The molecule has 0 aliphatic heterocycles. The van der Waals surface area contributed by atoms with Crippen molar-refractivity contribution < 1.29 is 0 Å². The minimum atomic E-state index is 0.688. The van der Waals surface area contributed by atoms with E-state index in [1.165, 1.54) is 32.1 Å².